The lowest BCUT2D eigenvalue weighted by Crippen LogP contribution is -2.36. The zero-order valence-corrected chi connectivity index (χ0v) is 14.4. The van der Waals surface area contributed by atoms with Gasteiger partial charge in [-0.25, -0.2) is 0 Å². The van der Waals surface area contributed by atoms with Crippen LogP contribution in [0, 0.1) is 0 Å². The minimum atomic E-state index is 0.517. The highest BCUT2D eigenvalue weighted by molar-refractivity contribution is 5.87. The van der Waals surface area contributed by atoms with Crippen LogP contribution in [0.25, 0.3) is 11.0 Å². The van der Waals surface area contributed by atoms with Crippen LogP contribution in [0.4, 0.5) is 23.1 Å². The van der Waals surface area contributed by atoms with Crippen LogP contribution in [-0.4, -0.2) is 52.5 Å². The standard InChI is InChI=1S/C18H21N7O/c1-2-12(1)20-16-15-11-19-24-17(15)23-18(22-16)21-13-3-5-14(6-4-13)25-7-9-26-10-8-25/h3-6,11-12H,1-2,7-10H2,(H3,19,20,21,22,23,24). The van der Waals surface area contributed by atoms with Gasteiger partial charge in [-0.1, -0.05) is 0 Å². The molecule has 8 heteroatoms. The summed E-state index contributed by atoms with van der Waals surface area (Å²) in [4.78, 5) is 11.5. The van der Waals surface area contributed by atoms with Crippen LogP contribution in [0.2, 0.25) is 0 Å². The molecule has 1 aliphatic carbocycles. The molecule has 0 unspecified atom stereocenters. The second kappa shape index (κ2) is 6.45. The lowest BCUT2D eigenvalue weighted by atomic mass is 10.2. The number of anilines is 4. The molecule has 0 atom stereocenters. The van der Waals surface area contributed by atoms with Crippen molar-refractivity contribution in [2.45, 2.75) is 18.9 Å². The minimum absolute atomic E-state index is 0.517. The maximum atomic E-state index is 5.41. The molecule has 1 aliphatic heterocycles. The molecule has 1 saturated carbocycles. The van der Waals surface area contributed by atoms with Gasteiger partial charge in [0, 0.05) is 30.5 Å². The minimum Gasteiger partial charge on any atom is -0.378 e. The molecular formula is C18H21N7O. The van der Waals surface area contributed by atoms with Gasteiger partial charge in [-0.15, -0.1) is 0 Å². The summed E-state index contributed by atoms with van der Waals surface area (Å²) in [6.07, 6.45) is 4.14. The number of ether oxygens (including phenoxy) is 1. The lowest BCUT2D eigenvalue weighted by Gasteiger charge is -2.28. The molecular weight excluding hydrogens is 330 g/mol. The summed E-state index contributed by atoms with van der Waals surface area (Å²) >= 11 is 0. The van der Waals surface area contributed by atoms with E-state index in [1.54, 1.807) is 6.20 Å². The van der Waals surface area contributed by atoms with Gasteiger partial charge in [0.1, 0.15) is 5.82 Å². The smallest absolute Gasteiger partial charge is 0.231 e. The van der Waals surface area contributed by atoms with E-state index < -0.39 is 0 Å². The number of H-pyrrole nitrogens is 1. The van der Waals surface area contributed by atoms with E-state index in [1.165, 1.54) is 18.5 Å². The molecule has 1 aromatic carbocycles. The third-order valence-corrected chi connectivity index (χ3v) is 4.73. The molecule has 0 bridgehead atoms. The summed E-state index contributed by atoms with van der Waals surface area (Å²) in [6.45, 7) is 3.44. The molecule has 1 saturated heterocycles. The quantitative estimate of drug-likeness (QED) is 0.650. The summed E-state index contributed by atoms with van der Waals surface area (Å²) in [5.41, 5.74) is 2.90. The third kappa shape index (κ3) is 3.15. The van der Waals surface area contributed by atoms with Crippen LogP contribution >= 0.6 is 0 Å². The maximum Gasteiger partial charge on any atom is 0.231 e. The fourth-order valence-electron chi connectivity index (χ4n) is 3.13. The average molecular weight is 351 g/mol. The largest absolute Gasteiger partial charge is 0.378 e. The molecule has 0 radical (unpaired) electrons. The molecule has 3 heterocycles. The lowest BCUT2D eigenvalue weighted by molar-refractivity contribution is 0.122. The summed E-state index contributed by atoms with van der Waals surface area (Å²) in [5.74, 6) is 1.39. The monoisotopic (exact) mass is 351 g/mol. The van der Waals surface area contributed by atoms with Crippen molar-refractivity contribution in [1.29, 1.82) is 0 Å². The molecule has 26 heavy (non-hydrogen) atoms. The van der Waals surface area contributed by atoms with Crippen LogP contribution in [0.1, 0.15) is 12.8 Å². The molecule has 5 rings (SSSR count). The second-order valence-corrected chi connectivity index (χ2v) is 6.72. The van der Waals surface area contributed by atoms with E-state index in [4.69, 9.17) is 4.74 Å². The van der Waals surface area contributed by atoms with Crippen molar-refractivity contribution < 1.29 is 4.74 Å². The Kier molecular flexibility index (Phi) is 3.82. The topological polar surface area (TPSA) is 91.0 Å². The normalized spacial score (nSPS) is 17.5. The molecule has 3 aromatic rings. The molecule has 3 N–H and O–H groups in total. The Labute approximate surface area is 151 Å². The zero-order valence-electron chi connectivity index (χ0n) is 14.4. The number of benzene rings is 1. The SMILES string of the molecule is c1cc(N2CCOCC2)ccc1Nc1nc(NC2CC2)c2cn[nH]c2n1. The maximum absolute atomic E-state index is 5.41. The number of nitrogens with zero attached hydrogens (tertiary/aromatic N) is 4. The van der Waals surface area contributed by atoms with E-state index in [2.05, 4.69) is 60.0 Å². The Morgan fingerprint density at radius 1 is 1.08 bits per heavy atom. The molecule has 0 spiro atoms. The van der Waals surface area contributed by atoms with Gasteiger partial charge >= 0.3 is 0 Å². The first kappa shape index (κ1) is 15.4. The van der Waals surface area contributed by atoms with Crippen LogP contribution < -0.4 is 15.5 Å². The number of hydrogen-bond donors (Lipinski definition) is 3. The Morgan fingerprint density at radius 2 is 1.88 bits per heavy atom. The third-order valence-electron chi connectivity index (χ3n) is 4.73. The van der Waals surface area contributed by atoms with Crippen molar-refractivity contribution >= 4 is 34.2 Å². The predicted molar refractivity (Wildman–Crippen MR) is 101 cm³/mol. The van der Waals surface area contributed by atoms with E-state index in [1.807, 2.05) is 0 Å². The fourth-order valence-corrected chi connectivity index (χ4v) is 3.13. The van der Waals surface area contributed by atoms with Crippen molar-refractivity contribution in [3.63, 3.8) is 0 Å². The summed E-state index contributed by atoms with van der Waals surface area (Å²) in [6, 6.07) is 8.86. The molecule has 134 valence electrons. The molecule has 2 fully saturated rings. The number of hydrogen-bond acceptors (Lipinski definition) is 7. The highest BCUT2D eigenvalue weighted by Gasteiger charge is 2.23. The van der Waals surface area contributed by atoms with Gasteiger partial charge < -0.3 is 20.3 Å². The molecule has 2 aliphatic rings. The van der Waals surface area contributed by atoms with E-state index in [0.717, 1.165) is 48.8 Å². The van der Waals surface area contributed by atoms with Crippen molar-refractivity contribution in [1.82, 2.24) is 20.2 Å². The summed E-state index contributed by atoms with van der Waals surface area (Å²) in [7, 11) is 0. The molecule has 2 aromatic heterocycles. The first-order valence-corrected chi connectivity index (χ1v) is 9.02. The Balaban J connectivity index is 1.36. The van der Waals surface area contributed by atoms with Gasteiger partial charge in [0.05, 0.1) is 24.8 Å². The average Bonchev–Trinajstić information content (AvgIpc) is 3.37. The highest BCUT2D eigenvalue weighted by Crippen LogP contribution is 2.29. The van der Waals surface area contributed by atoms with Gasteiger partial charge in [0.25, 0.3) is 0 Å². The number of fused-ring (bicyclic) bond motifs is 1. The van der Waals surface area contributed by atoms with E-state index in [-0.39, 0.29) is 0 Å². The van der Waals surface area contributed by atoms with E-state index >= 15 is 0 Å². The van der Waals surface area contributed by atoms with Crippen LogP contribution in [0.5, 0.6) is 0 Å². The summed E-state index contributed by atoms with van der Waals surface area (Å²) in [5, 5.41) is 14.7. The zero-order chi connectivity index (χ0) is 17.3. The summed E-state index contributed by atoms with van der Waals surface area (Å²) < 4.78 is 5.41. The number of rotatable bonds is 5. The van der Waals surface area contributed by atoms with E-state index in [9.17, 15) is 0 Å². The Hall–Kier alpha value is -2.87. The van der Waals surface area contributed by atoms with Gasteiger partial charge in [0.2, 0.25) is 5.95 Å². The van der Waals surface area contributed by atoms with Crippen LogP contribution in [0.15, 0.2) is 30.5 Å². The van der Waals surface area contributed by atoms with Crippen molar-refractivity contribution in [2.75, 3.05) is 41.8 Å². The number of morpholine rings is 1. The first-order chi connectivity index (χ1) is 12.8. The number of aromatic nitrogens is 4. The van der Waals surface area contributed by atoms with Gasteiger partial charge in [0.15, 0.2) is 5.65 Å². The Morgan fingerprint density at radius 3 is 2.65 bits per heavy atom. The van der Waals surface area contributed by atoms with Crippen LogP contribution in [-0.2, 0) is 4.74 Å². The molecule has 8 nitrogen and oxygen atoms in total. The fraction of sp³-hybridized carbons (Fsp3) is 0.389. The van der Waals surface area contributed by atoms with Gasteiger partial charge in [-0.3, -0.25) is 5.10 Å². The second-order valence-electron chi connectivity index (χ2n) is 6.72. The molecule has 0 amide bonds. The Bertz CT molecular complexity index is 898. The number of aromatic amines is 1. The van der Waals surface area contributed by atoms with Crippen molar-refractivity contribution in [3.8, 4) is 0 Å². The van der Waals surface area contributed by atoms with Crippen LogP contribution in [0.3, 0.4) is 0 Å². The first-order valence-electron chi connectivity index (χ1n) is 9.02. The van der Waals surface area contributed by atoms with E-state index in [0.29, 0.717) is 12.0 Å². The van der Waals surface area contributed by atoms with Gasteiger partial charge in [-0.05, 0) is 37.1 Å². The van der Waals surface area contributed by atoms with Crippen molar-refractivity contribution in [3.05, 3.63) is 30.5 Å². The predicted octanol–water partition coefficient (Wildman–Crippen LogP) is 2.51. The highest BCUT2D eigenvalue weighted by atomic mass is 16.5. The van der Waals surface area contributed by atoms with Gasteiger partial charge in [-0.2, -0.15) is 15.1 Å². The van der Waals surface area contributed by atoms with Crippen molar-refractivity contribution in [2.24, 2.45) is 0 Å². The number of nitrogens with one attached hydrogen (secondary N) is 3.